The third-order valence-electron chi connectivity index (χ3n) is 3.10. The van der Waals surface area contributed by atoms with Crippen molar-refractivity contribution in [2.24, 2.45) is 5.92 Å². The summed E-state index contributed by atoms with van der Waals surface area (Å²) in [5, 5.41) is 9.06. The fourth-order valence-corrected chi connectivity index (χ4v) is 2.01. The van der Waals surface area contributed by atoms with E-state index in [1.807, 2.05) is 6.07 Å². The molecule has 0 aromatic carbocycles. The summed E-state index contributed by atoms with van der Waals surface area (Å²) < 4.78 is 5.56. The number of likely N-dealkylation sites (N-methyl/N-ethyl adjacent to an activating group) is 1. The number of nitrogens with zero attached hydrogens (tertiary/aromatic N) is 2. The van der Waals surface area contributed by atoms with Crippen molar-refractivity contribution in [1.29, 1.82) is 0 Å². The van der Waals surface area contributed by atoms with E-state index >= 15 is 0 Å². The van der Waals surface area contributed by atoms with Gasteiger partial charge in [-0.2, -0.15) is 0 Å². The second-order valence-corrected chi connectivity index (χ2v) is 4.22. The van der Waals surface area contributed by atoms with Crippen molar-refractivity contribution in [3.63, 3.8) is 0 Å². The Hall–Kier alpha value is -1.62. The van der Waals surface area contributed by atoms with Gasteiger partial charge in [0.05, 0.1) is 24.8 Å². The Bertz CT molecular complexity index is 383. The number of carbonyl (C=O) groups is 1. The van der Waals surface area contributed by atoms with Gasteiger partial charge in [-0.1, -0.05) is 0 Å². The van der Waals surface area contributed by atoms with E-state index in [9.17, 15) is 4.79 Å². The summed E-state index contributed by atoms with van der Waals surface area (Å²) in [6.07, 6.45) is 3.96. The highest BCUT2D eigenvalue weighted by Crippen LogP contribution is 2.23. The minimum absolute atomic E-state index is 0.00714. The Labute approximate surface area is 100 Å². The fraction of sp³-hybridized carbons (Fsp3) is 0.500. The van der Waals surface area contributed by atoms with E-state index in [1.165, 1.54) is 0 Å². The van der Waals surface area contributed by atoms with Crippen LogP contribution in [-0.2, 0) is 4.79 Å². The lowest BCUT2D eigenvalue weighted by atomic mass is 10.1. The van der Waals surface area contributed by atoms with Crippen LogP contribution in [0, 0.1) is 5.92 Å². The molecule has 2 rings (SSSR count). The molecule has 1 amide bonds. The van der Waals surface area contributed by atoms with Crippen molar-refractivity contribution in [1.82, 2.24) is 9.88 Å². The third kappa shape index (κ3) is 2.55. The molecule has 1 unspecified atom stereocenters. The molecule has 1 aromatic rings. The van der Waals surface area contributed by atoms with Crippen LogP contribution in [0.4, 0.5) is 0 Å². The molecular formula is C12H16N2O3. The predicted octanol–water partition coefficient (Wildman–Crippen LogP) is 0.300. The van der Waals surface area contributed by atoms with E-state index in [-0.39, 0.29) is 24.5 Å². The van der Waals surface area contributed by atoms with Crippen LogP contribution < -0.4 is 4.74 Å². The van der Waals surface area contributed by atoms with Gasteiger partial charge in [-0.15, -0.1) is 0 Å². The Balaban J connectivity index is 1.90. The Morgan fingerprint density at radius 1 is 1.65 bits per heavy atom. The van der Waals surface area contributed by atoms with E-state index in [2.05, 4.69) is 4.98 Å². The minimum atomic E-state index is -0.275. The quantitative estimate of drug-likeness (QED) is 0.816. The maximum atomic E-state index is 11.7. The van der Waals surface area contributed by atoms with Gasteiger partial charge < -0.3 is 14.7 Å². The molecule has 5 heteroatoms. The maximum Gasteiger partial charge on any atom is 0.228 e. The molecule has 0 aliphatic carbocycles. The number of likely N-dealkylation sites (tertiary alicyclic amines) is 1. The number of aliphatic hydroxyl groups excluding tert-OH is 1. The van der Waals surface area contributed by atoms with Gasteiger partial charge in [-0.25, -0.2) is 0 Å². The van der Waals surface area contributed by atoms with Crippen molar-refractivity contribution < 1.29 is 14.6 Å². The van der Waals surface area contributed by atoms with Crippen LogP contribution in [0.3, 0.4) is 0 Å². The molecule has 0 radical (unpaired) electrons. The topological polar surface area (TPSA) is 62.7 Å². The van der Waals surface area contributed by atoms with Crippen LogP contribution >= 0.6 is 0 Å². The molecule has 1 aliphatic heterocycles. The van der Waals surface area contributed by atoms with E-state index in [1.54, 1.807) is 30.4 Å². The normalized spacial score (nSPS) is 24.1. The van der Waals surface area contributed by atoms with Gasteiger partial charge >= 0.3 is 0 Å². The second-order valence-electron chi connectivity index (χ2n) is 4.22. The summed E-state index contributed by atoms with van der Waals surface area (Å²) in [5.41, 5.74) is 0. The lowest BCUT2D eigenvalue weighted by Gasteiger charge is -2.19. The summed E-state index contributed by atoms with van der Waals surface area (Å²) in [7, 11) is 1.75. The van der Waals surface area contributed by atoms with E-state index in [4.69, 9.17) is 9.84 Å². The van der Waals surface area contributed by atoms with Crippen LogP contribution in [0.25, 0.3) is 0 Å². The van der Waals surface area contributed by atoms with E-state index < -0.39 is 0 Å². The largest absolute Gasteiger partial charge is 0.490 e. The first-order chi connectivity index (χ1) is 8.22. The van der Waals surface area contributed by atoms with Gasteiger partial charge in [0.25, 0.3) is 0 Å². The van der Waals surface area contributed by atoms with Crippen LogP contribution in [0.15, 0.2) is 24.5 Å². The van der Waals surface area contributed by atoms with Gasteiger partial charge in [0.1, 0.15) is 12.4 Å². The number of rotatable bonds is 4. The zero-order valence-electron chi connectivity index (χ0n) is 9.74. The van der Waals surface area contributed by atoms with Gasteiger partial charge in [-0.3, -0.25) is 9.78 Å². The van der Waals surface area contributed by atoms with Crippen molar-refractivity contribution in [2.45, 2.75) is 12.5 Å². The SMILES string of the molecule is CN1C(=O)[C@H](CO)CC1COc1cccnc1. The number of aliphatic hydroxyl groups is 1. The first-order valence-electron chi connectivity index (χ1n) is 5.62. The first-order valence-corrected chi connectivity index (χ1v) is 5.62. The molecule has 2 atom stereocenters. The predicted molar refractivity (Wildman–Crippen MR) is 61.5 cm³/mol. The van der Waals surface area contributed by atoms with E-state index in [0.717, 1.165) is 0 Å². The van der Waals surface area contributed by atoms with Crippen molar-refractivity contribution in [3.8, 4) is 5.75 Å². The Morgan fingerprint density at radius 3 is 3.06 bits per heavy atom. The average molecular weight is 236 g/mol. The van der Waals surface area contributed by atoms with Crippen LogP contribution in [-0.4, -0.2) is 47.2 Å². The van der Waals surface area contributed by atoms with Crippen molar-refractivity contribution in [3.05, 3.63) is 24.5 Å². The first kappa shape index (κ1) is 11.9. The molecule has 92 valence electrons. The summed E-state index contributed by atoms with van der Waals surface area (Å²) in [6, 6.07) is 3.66. The monoisotopic (exact) mass is 236 g/mol. The molecule has 1 saturated heterocycles. The molecule has 0 spiro atoms. The lowest BCUT2D eigenvalue weighted by molar-refractivity contribution is -0.131. The summed E-state index contributed by atoms with van der Waals surface area (Å²) in [6.45, 7) is 0.344. The number of carbonyl (C=O) groups excluding carboxylic acids is 1. The zero-order chi connectivity index (χ0) is 12.3. The van der Waals surface area contributed by atoms with Gasteiger partial charge in [0, 0.05) is 13.2 Å². The molecule has 2 heterocycles. The zero-order valence-corrected chi connectivity index (χ0v) is 9.74. The van der Waals surface area contributed by atoms with Crippen molar-refractivity contribution in [2.75, 3.05) is 20.3 Å². The standard InChI is InChI=1S/C12H16N2O3/c1-14-10(5-9(7-15)12(14)16)8-17-11-3-2-4-13-6-11/h2-4,6,9-10,15H,5,7-8H2,1H3/t9-,10?/m0/s1. The Morgan fingerprint density at radius 2 is 2.47 bits per heavy atom. The molecule has 0 saturated carbocycles. The van der Waals surface area contributed by atoms with E-state index in [0.29, 0.717) is 18.8 Å². The summed E-state index contributed by atoms with van der Waals surface area (Å²) in [4.78, 5) is 17.3. The van der Waals surface area contributed by atoms with Gasteiger partial charge in [-0.05, 0) is 18.6 Å². The smallest absolute Gasteiger partial charge is 0.228 e. The molecule has 17 heavy (non-hydrogen) atoms. The fourth-order valence-electron chi connectivity index (χ4n) is 2.01. The molecule has 5 nitrogen and oxygen atoms in total. The molecule has 0 bridgehead atoms. The number of hydrogen-bond acceptors (Lipinski definition) is 4. The molecule has 1 N–H and O–H groups in total. The number of pyridine rings is 1. The highest BCUT2D eigenvalue weighted by molar-refractivity contribution is 5.81. The summed E-state index contributed by atoms with van der Waals surface area (Å²) >= 11 is 0. The molecular weight excluding hydrogens is 220 g/mol. The highest BCUT2D eigenvalue weighted by Gasteiger charge is 2.36. The highest BCUT2D eigenvalue weighted by atomic mass is 16.5. The molecule has 1 aromatic heterocycles. The van der Waals surface area contributed by atoms with Crippen molar-refractivity contribution >= 4 is 5.91 Å². The molecule has 1 aliphatic rings. The average Bonchev–Trinajstić information content (AvgIpc) is 2.65. The minimum Gasteiger partial charge on any atom is -0.490 e. The van der Waals surface area contributed by atoms with Crippen LogP contribution in [0.2, 0.25) is 0 Å². The Kier molecular flexibility index (Phi) is 3.58. The van der Waals surface area contributed by atoms with Crippen LogP contribution in [0.1, 0.15) is 6.42 Å². The summed E-state index contributed by atoms with van der Waals surface area (Å²) in [5.74, 6) is 0.413. The van der Waals surface area contributed by atoms with Gasteiger partial charge in [0.2, 0.25) is 5.91 Å². The lowest BCUT2D eigenvalue weighted by Crippen LogP contribution is -2.34. The number of hydrogen-bond donors (Lipinski definition) is 1. The van der Waals surface area contributed by atoms with Gasteiger partial charge in [0.15, 0.2) is 0 Å². The third-order valence-corrected chi connectivity index (χ3v) is 3.10. The second kappa shape index (κ2) is 5.14. The number of aromatic nitrogens is 1. The molecule has 1 fully saturated rings. The number of amides is 1. The maximum absolute atomic E-state index is 11.7. The van der Waals surface area contributed by atoms with Crippen LogP contribution in [0.5, 0.6) is 5.75 Å². The number of ether oxygens (including phenoxy) is 1.